The largest absolute Gasteiger partial charge is 0.340 e. The molecule has 0 bridgehead atoms. The Kier molecular flexibility index (Phi) is 7.45. The number of rotatable bonds is 8. The molecule has 2 amide bonds. The maximum absolute atomic E-state index is 13.2. The summed E-state index contributed by atoms with van der Waals surface area (Å²) in [6.45, 7) is 3.57. The molecule has 10 heteroatoms. The molecule has 4 aromatic rings. The maximum atomic E-state index is 13.2. The Balaban J connectivity index is 1.54. The topological polar surface area (TPSA) is 127 Å². The van der Waals surface area contributed by atoms with E-state index >= 15 is 0 Å². The predicted molar refractivity (Wildman–Crippen MR) is 138 cm³/mol. The summed E-state index contributed by atoms with van der Waals surface area (Å²) in [5.74, 6) is -1.06. The van der Waals surface area contributed by atoms with Crippen LogP contribution in [0.5, 0.6) is 0 Å². The number of nitro benzene ring substituents is 1. The van der Waals surface area contributed by atoms with E-state index in [-0.39, 0.29) is 17.7 Å². The van der Waals surface area contributed by atoms with E-state index in [0.29, 0.717) is 15.7 Å². The second-order valence-corrected chi connectivity index (χ2v) is 9.22. The van der Waals surface area contributed by atoms with Gasteiger partial charge in [-0.05, 0) is 31.5 Å². The third-order valence-electron chi connectivity index (χ3n) is 5.49. The fraction of sp³-hybridized carbons (Fsp3) is 0.154. The number of aryl methyl sites for hydroxylation is 2. The van der Waals surface area contributed by atoms with Crippen LogP contribution in [0.4, 0.5) is 10.8 Å². The van der Waals surface area contributed by atoms with Crippen molar-refractivity contribution in [1.82, 2.24) is 15.5 Å². The minimum atomic E-state index is -0.952. The monoisotopic (exact) mass is 501 g/mol. The van der Waals surface area contributed by atoms with Gasteiger partial charge in [0.2, 0.25) is 11.0 Å². The predicted octanol–water partition coefficient (Wildman–Crippen LogP) is 4.71. The number of hydrogen-bond donors (Lipinski definition) is 2. The van der Waals surface area contributed by atoms with Crippen molar-refractivity contribution in [2.45, 2.75) is 26.3 Å². The molecule has 2 N–H and O–H groups in total. The number of carbonyl (C=O) groups excluding carboxylic acids is 2. The Hall–Kier alpha value is -4.44. The minimum Gasteiger partial charge on any atom is -0.340 e. The first-order chi connectivity index (χ1) is 17.3. The van der Waals surface area contributed by atoms with Crippen molar-refractivity contribution >= 4 is 34.0 Å². The molecule has 9 nitrogen and oxygen atoms in total. The first-order valence-electron chi connectivity index (χ1n) is 11.1. The molecular formula is C26H23N5O4S. The summed E-state index contributed by atoms with van der Waals surface area (Å²) in [6.07, 6.45) is 0.218. The summed E-state index contributed by atoms with van der Waals surface area (Å²) in [6, 6.07) is 20.3. The molecule has 3 aromatic carbocycles. The van der Waals surface area contributed by atoms with Crippen LogP contribution in [0.1, 0.15) is 27.0 Å². The van der Waals surface area contributed by atoms with E-state index in [0.717, 1.165) is 16.7 Å². The second-order valence-electron chi connectivity index (χ2n) is 8.25. The third-order valence-corrected chi connectivity index (χ3v) is 6.38. The standard InChI is InChI=1S/C26H23N5O4S/c1-16-7-6-10-20(13-16)25-29-30-26(36-25)28-24(33)21(14-18-8-4-3-5-9-18)27-23(32)19-12-11-17(2)22(15-19)31(34)35/h3-13,15,21H,14H2,1-2H3,(H,27,32)(H,28,30,33). The number of carbonyl (C=O) groups is 2. The van der Waals surface area contributed by atoms with Gasteiger partial charge in [-0.25, -0.2) is 0 Å². The summed E-state index contributed by atoms with van der Waals surface area (Å²) in [7, 11) is 0. The smallest absolute Gasteiger partial charge is 0.273 e. The Morgan fingerprint density at radius 1 is 1.00 bits per heavy atom. The van der Waals surface area contributed by atoms with E-state index in [1.54, 1.807) is 6.92 Å². The number of nitro groups is 1. The van der Waals surface area contributed by atoms with Crippen LogP contribution in [0.2, 0.25) is 0 Å². The Bertz CT molecular complexity index is 1420. The fourth-order valence-corrected chi connectivity index (χ4v) is 4.35. The molecule has 0 saturated heterocycles. The van der Waals surface area contributed by atoms with Gasteiger partial charge in [-0.1, -0.05) is 71.5 Å². The number of nitrogens with one attached hydrogen (secondary N) is 2. The maximum Gasteiger partial charge on any atom is 0.273 e. The Morgan fingerprint density at radius 3 is 2.50 bits per heavy atom. The van der Waals surface area contributed by atoms with Gasteiger partial charge >= 0.3 is 0 Å². The van der Waals surface area contributed by atoms with E-state index in [1.807, 2.05) is 61.5 Å². The highest BCUT2D eigenvalue weighted by Crippen LogP contribution is 2.27. The minimum absolute atomic E-state index is 0.0933. The van der Waals surface area contributed by atoms with Gasteiger partial charge in [0.1, 0.15) is 11.0 Å². The van der Waals surface area contributed by atoms with Gasteiger partial charge in [-0.2, -0.15) is 0 Å². The van der Waals surface area contributed by atoms with Crippen LogP contribution in [0.15, 0.2) is 72.8 Å². The van der Waals surface area contributed by atoms with Crippen molar-refractivity contribution in [3.05, 3.63) is 105 Å². The molecule has 182 valence electrons. The number of aromatic nitrogens is 2. The van der Waals surface area contributed by atoms with Gasteiger partial charge in [0.25, 0.3) is 11.6 Å². The van der Waals surface area contributed by atoms with E-state index in [9.17, 15) is 19.7 Å². The van der Waals surface area contributed by atoms with Crippen LogP contribution in [-0.2, 0) is 11.2 Å². The normalized spacial score (nSPS) is 11.5. The average molecular weight is 502 g/mol. The molecule has 1 heterocycles. The van der Waals surface area contributed by atoms with Gasteiger partial charge in [-0.15, -0.1) is 10.2 Å². The molecule has 36 heavy (non-hydrogen) atoms. The van der Waals surface area contributed by atoms with Gasteiger partial charge in [0.15, 0.2) is 0 Å². The van der Waals surface area contributed by atoms with Crippen molar-refractivity contribution in [3.8, 4) is 10.6 Å². The number of nitrogens with zero attached hydrogens (tertiary/aromatic N) is 3. The first kappa shape index (κ1) is 24.7. The molecule has 0 spiro atoms. The Labute approximate surface area is 211 Å². The number of hydrogen-bond acceptors (Lipinski definition) is 7. The van der Waals surface area contributed by atoms with Crippen molar-refractivity contribution in [3.63, 3.8) is 0 Å². The quantitative estimate of drug-likeness (QED) is 0.266. The van der Waals surface area contributed by atoms with Gasteiger partial charge in [0, 0.05) is 29.2 Å². The van der Waals surface area contributed by atoms with Crippen molar-refractivity contribution in [2.24, 2.45) is 0 Å². The Morgan fingerprint density at radius 2 is 1.78 bits per heavy atom. The molecule has 0 aliphatic rings. The van der Waals surface area contributed by atoms with Crippen LogP contribution >= 0.6 is 11.3 Å². The summed E-state index contributed by atoms with van der Waals surface area (Å²) in [5.41, 5.74) is 3.18. The molecule has 0 saturated carbocycles. The highest BCUT2D eigenvalue weighted by molar-refractivity contribution is 7.18. The highest BCUT2D eigenvalue weighted by Gasteiger charge is 2.24. The highest BCUT2D eigenvalue weighted by atomic mass is 32.1. The zero-order chi connectivity index (χ0) is 25.7. The van der Waals surface area contributed by atoms with E-state index < -0.39 is 22.8 Å². The van der Waals surface area contributed by atoms with Gasteiger partial charge in [-0.3, -0.25) is 25.0 Å². The van der Waals surface area contributed by atoms with Crippen LogP contribution in [0, 0.1) is 24.0 Å². The molecular weight excluding hydrogens is 478 g/mol. The third kappa shape index (κ3) is 5.97. The van der Waals surface area contributed by atoms with E-state index in [4.69, 9.17) is 0 Å². The van der Waals surface area contributed by atoms with Crippen molar-refractivity contribution < 1.29 is 14.5 Å². The molecule has 1 unspecified atom stereocenters. The zero-order valence-electron chi connectivity index (χ0n) is 19.6. The SMILES string of the molecule is Cc1cccc(-c2nnc(NC(=O)C(Cc3ccccc3)NC(=O)c3ccc(C)c([N+](=O)[O-])c3)s2)c1. The lowest BCUT2D eigenvalue weighted by atomic mass is 10.0. The summed E-state index contributed by atoms with van der Waals surface area (Å²) in [5, 5.41) is 26.0. The van der Waals surface area contributed by atoms with Crippen LogP contribution < -0.4 is 10.6 Å². The summed E-state index contributed by atoms with van der Waals surface area (Å²) >= 11 is 1.23. The van der Waals surface area contributed by atoms with E-state index in [2.05, 4.69) is 20.8 Å². The first-order valence-corrected chi connectivity index (χ1v) is 11.9. The van der Waals surface area contributed by atoms with Crippen molar-refractivity contribution in [2.75, 3.05) is 5.32 Å². The fourth-order valence-electron chi connectivity index (χ4n) is 3.61. The summed E-state index contributed by atoms with van der Waals surface area (Å²) < 4.78 is 0. The van der Waals surface area contributed by atoms with E-state index in [1.165, 1.54) is 29.5 Å². The molecule has 0 aliphatic heterocycles. The van der Waals surface area contributed by atoms with Crippen LogP contribution in [-0.4, -0.2) is 33.0 Å². The van der Waals surface area contributed by atoms with Gasteiger partial charge < -0.3 is 5.32 Å². The molecule has 0 radical (unpaired) electrons. The van der Waals surface area contributed by atoms with Crippen molar-refractivity contribution in [1.29, 1.82) is 0 Å². The van der Waals surface area contributed by atoms with Crippen LogP contribution in [0.25, 0.3) is 10.6 Å². The number of amides is 2. The lowest BCUT2D eigenvalue weighted by molar-refractivity contribution is -0.385. The molecule has 1 aromatic heterocycles. The van der Waals surface area contributed by atoms with Crippen LogP contribution in [0.3, 0.4) is 0 Å². The number of anilines is 1. The second kappa shape index (κ2) is 10.9. The lowest BCUT2D eigenvalue weighted by Crippen LogP contribution is -2.45. The average Bonchev–Trinajstić information content (AvgIpc) is 3.33. The lowest BCUT2D eigenvalue weighted by Gasteiger charge is -2.18. The molecule has 4 rings (SSSR count). The molecule has 1 atom stereocenters. The summed E-state index contributed by atoms with van der Waals surface area (Å²) in [4.78, 5) is 36.9. The molecule has 0 aliphatic carbocycles. The zero-order valence-corrected chi connectivity index (χ0v) is 20.4. The number of benzene rings is 3. The molecule has 0 fully saturated rings. The van der Waals surface area contributed by atoms with Gasteiger partial charge in [0.05, 0.1) is 4.92 Å².